The normalized spacial score (nSPS) is 12.7. The fraction of sp³-hybridized carbons (Fsp3) is 0.286. The van der Waals surface area contributed by atoms with E-state index in [-0.39, 0.29) is 18.6 Å². The highest BCUT2D eigenvalue weighted by Gasteiger charge is 2.19. The third-order valence-corrected chi connectivity index (χ3v) is 3.25. The van der Waals surface area contributed by atoms with E-state index < -0.39 is 0 Å². The number of nitrogens with one attached hydrogen (secondary N) is 2. The van der Waals surface area contributed by atoms with E-state index in [4.69, 9.17) is 15.2 Å². The minimum Gasteiger partial charge on any atom is -0.454 e. The van der Waals surface area contributed by atoms with Gasteiger partial charge in [0.25, 0.3) is 5.91 Å². The topological polar surface area (TPSA) is 102 Å². The Morgan fingerprint density at radius 3 is 2.71 bits per heavy atom. The summed E-state index contributed by atoms with van der Waals surface area (Å²) in [5.74, 6) is 1.08. The number of rotatable bonds is 3. The Kier molecular flexibility index (Phi) is 3.17. The summed E-state index contributed by atoms with van der Waals surface area (Å²) >= 11 is 0. The first-order chi connectivity index (χ1) is 10.0. The van der Waals surface area contributed by atoms with Gasteiger partial charge >= 0.3 is 0 Å². The number of hydrogen-bond donors (Lipinski definition) is 3. The van der Waals surface area contributed by atoms with Gasteiger partial charge in [0, 0.05) is 17.8 Å². The minimum absolute atomic E-state index is 0.156. The van der Waals surface area contributed by atoms with Crippen LogP contribution in [0.3, 0.4) is 0 Å². The maximum absolute atomic E-state index is 12.2. The number of fused-ring (bicyclic) bond motifs is 1. The van der Waals surface area contributed by atoms with Crippen LogP contribution >= 0.6 is 0 Å². The van der Waals surface area contributed by atoms with Gasteiger partial charge in [-0.3, -0.25) is 9.89 Å². The molecule has 110 valence electrons. The van der Waals surface area contributed by atoms with Gasteiger partial charge in [0.15, 0.2) is 17.2 Å². The fourth-order valence-electron chi connectivity index (χ4n) is 2.00. The first-order valence-corrected chi connectivity index (χ1v) is 6.60. The molecule has 0 aliphatic carbocycles. The van der Waals surface area contributed by atoms with Crippen LogP contribution in [0.1, 0.15) is 35.9 Å². The molecule has 0 bridgehead atoms. The summed E-state index contributed by atoms with van der Waals surface area (Å²) in [6.45, 7) is 4.19. The number of benzene rings is 1. The summed E-state index contributed by atoms with van der Waals surface area (Å²) in [6, 6.07) is 5.00. The lowest BCUT2D eigenvalue weighted by atomic mass is 10.1. The molecule has 0 saturated heterocycles. The van der Waals surface area contributed by atoms with Crippen molar-refractivity contribution in [3.8, 4) is 11.5 Å². The Balaban J connectivity index is 1.81. The van der Waals surface area contributed by atoms with Crippen LogP contribution in [0.5, 0.6) is 11.5 Å². The number of nitrogens with zero attached hydrogens (tertiary/aromatic N) is 1. The Bertz CT molecular complexity index is 694. The van der Waals surface area contributed by atoms with Crippen molar-refractivity contribution in [3.05, 3.63) is 29.6 Å². The number of amides is 1. The molecule has 2 heterocycles. The second-order valence-corrected chi connectivity index (χ2v) is 5.11. The van der Waals surface area contributed by atoms with Gasteiger partial charge in [-0.05, 0) is 12.0 Å². The van der Waals surface area contributed by atoms with Crippen LogP contribution in [0.4, 0.5) is 11.4 Å². The predicted molar refractivity (Wildman–Crippen MR) is 77.6 cm³/mol. The van der Waals surface area contributed by atoms with Crippen molar-refractivity contribution in [3.63, 3.8) is 0 Å². The summed E-state index contributed by atoms with van der Waals surface area (Å²) in [7, 11) is 0. The van der Waals surface area contributed by atoms with Crippen LogP contribution in [0.2, 0.25) is 0 Å². The number of H-pyrrole nitrogens is 1. The number of aromatic nitrogens is 2. The number of hydrogen-bond acceptors (Lipinski definition) is 5. The third kappa shape index (κ3) is 2.49. The van der Waals surface area contributed by atoms with Crippen LogP contribution < -0.4 is 20.5 Å². The summed E-state index contributed by atoms with van der Waals surface area (Å²) in [5, 5.41) is 9.57. The molecule has 0 radical (unpaired) electrons. The molecule has 0 atom stereocenters. The van der Waals surface area contributed by atoms with Crippen molar-refractivity contribution >= 4 is 17.3 Å². The average molecular weight is 288 g/mol. The maximum Gasteiger partial charge on any atom is 0.276 e. The molecule has 1 amide bonds. The Morgan fingerprint density at radius 2 is 2.05 bits per heavy atom. The van der Waals surface area contributed by atoms with Gasteiger partial charge in [0.1, 0.15) is 0 Å². The number of ether oxygens (including phenoxy) is 2. The number of aromatic amines is 1. The van der Waals surface area contributed by atoms with Gasteiger partial charge in [-0.15, -0.1) is 0 Å². The predicted octanol–water partition coefficient (Wildman–Crippen LogP) is 2.10. The molecule has 7 heteroatoms. The molecule has 0 saturated carbocycles. The molecule has 0 fully saturated rings. The van der Waals surface area contributed by atoms with Gasteiger partial charge in [0.2, 0.25) is 6.79 Å². The van der Waals surface area contributed by atoms with Gasteiger partial charge in [-0.25, -0.2) is 0 Å². The molecule has 1 aliphatic rings. The molecule has 2 aromatic rings. The van der Waals surface area contributed by atoms with Crippen LogP contribution in [-0.2, 0) is 0 Å². The molecular formula is C14H16N4O3. The van der Waals surface area contributed by atoms with Gasteiger partial charge in [-0.1, -0.05) is 13.8 Å². The molecule has 3 rings (SSSR count). The highest BCUT2D eigenvalue weighted by Crippen LogP contribution is 2.38. The smallest absolute Gasteiger partial charge is 0.276 e. The van der Waals surface area contributed by atoms with E-state index in [0.29, 0.717) is 28.6 Å². The molecule has 0 spiro atoms. The zero-order chi connectivity index (χ0) is 15.0. The number of carbonyl (C=O) groups is 1. The van der Waals surface area contributed by atoms with Crippen LogP contribution in [0.25, 0.3) is 0 Å². The summed E-state index contributed by atoms with van der Waals surface area (Å²) in [5.41, 5.74) is 7.99. The van der Waals surface area contributed by atoms with E-state index in [1.165, 1.54) is 0 Å². The number of anilines is 2. The van der Waals surface area contributed by atoms with Crippen molar-refractivity contribution in [1.29, 1.82) is 0 Å². The zero-order valence-electron chi connectivity index (χ0n) is 11.8. The van der Waals surface area contributed by atoms with E-state index in [9.17, 15) is 4.79 Å². The number of nitrogens with two attached hydrogens (primary N) is 1. The third-order valence-electron chi connectivity index (χ3n) is 3.25. The van der Waals surface area contributed by atoms with E-state index >= 15 is 0 Å². The minimum atomic E-state index is -0.330. The van der Waals surface area contributed by atoms with Crippen molar-refractivity contribution < 1.29 is 14.3 Å². The zero-order valence-corrected chi connectivity index (χ0v) is 11.8. The molecule has 21 heavy (non-hydrogen) atoms. The van der Waals surface area contributed by atoms with E-state index in [1.54, 1.807) is 18.2 Å². The summed E-state index contributed by atoms with van der Waals surface area (Å²) in [4.78, 5) is 12.2. The largest absolute Gasteiger partial charge is 0.454 e. The lowest BCUT2D eigenvalue weighted by Crippen LogP contribution is -2.13. The SMILES string of the molecule is CC(C)c1cc(C(=O)Nc2cc3c(cc2N)OCO3)n[nH]1. The van der Waals surface area contributed by atoms with E-state index in [0.717, 1.165) is 5.69 Å². The fourth-order valence-corrected chi connectivity index (χ4v) is 2.00. The molecule has 1 aromatic carbocycles. The van der Waals surface area contributed by atoms with Crippen molar-refractivity contribution in [2.24, 2.45) is 0 Å². The maximum atomic E-state index is 12.2. The van der Waals surface area contributed by atoms with Crippen LogP contribution in [0.15, 0.2) is 18.2 Å². The lowest BCUT2D eigenvalue weighted by Gasteiger charge is -2.08. The lowest BCUT2D eigenvalue weighted by molar-refractivity contribution is 0.102. The first kappa shape index (κ1) is 13.3. The Hall–Kier alpha value is -2.70. The second kappa shape index (κ2) is 5.01. The molecule has 4 N–H and O–H groups in total. The van der Waals surface area contributed by atoms with Gasteiger partial charge in [0.05, 0.1) is 11.4 Å². The Labute approximate surface area is 121 Å². The van der Waals surface area contributed by atoms with E-state index in [2.05, 4.69) is 15.5 Å². The van der Waals surface area contributed by atoms with Crippen molar-refractivity contribution in [2.45, 2.75) is 19.8 Å². The molecule has 7 nitrogen and oxygen atoms in total. The molecule has 1 aliphatic heterocycles. The molecular weight excluding hydrogens is 272 g/mol. The summed E-state index contributed by atoms with van der Waals surface area (Å²) in [6.07, 6.45) is 0. The number of carbonyl (C=O) groups excluding carboxylic acids is 1. The highest BCUT2D eigenvalue weighted by atomic mass is 16.7. The summed E-state index contributed by atoms with van der Waals surface area (Å²) < 4.78 is 10.5. The van der Waals surface area contributed by atoms with Gasteiger partial charge in [-0.2, -0.15) is 5.10 Å². The van der Waals surface area contributed by atoms with Crippen LogP contribution in [-0.4, -0.2) is 22.9 Å². The quantitative estimate of drug-likeness (QED) is 0.750. The second-order valence-electron chi connectivity index (χ2n) is 5.11. The van der Waals surface area contributed by atoms with Gasteiger partial charge < -0.3 is 20.5 Å². The van der Waals surface area contributed by atoms with Crippen molar-refractivity contribution in [2.75, 3.05) is 17.8 Å². The highest BCUT2D eigenvalue weighted by molar-refractivity contribution is 6.04. The molecule has 0 unspecified atom stereocenters. The van der Waals surface area contributed by atoms with Crippen molar-refractivity contribution in [1.82, 2.24) is 10.2 Å². The first-order valence-electron chi connectivity index (χ1n) is 6.60. The standard InChI is InChI=1S/C14H16N4O3/c1-7(2)9-4-11(18-17-9)14(19)16-10-5-13-12(3-8(10)15)20-6-21-13/h3-5,7H,6,15H2,1-2H3,(H,16,19)(H,17,18). The monoisotopic (exact) mass is 288 g/mol. The van der Waals surface area contributed by atoms with Crippen LogP contribution in [0, 0.1) is 0 Å². The number of nitrogen functional groups attached to an aromatic ring is 1. The molecule has 1 aromatic heterocycles. The van der Waals surface area contributed by atoms with E-state index in [1.807, 2.05) is 13.8 Å². The average Bonchev–Trinajstić information content (AvgIpc) is 3.07. The Morgan fingerprint density at radius 1 is 1.33 bits per heavy atom.